The van der Waals surface area contributed by atoms with E-state index in [2.05, 4.69) is 73.1 Å². The molecule has 1 fully saturated rings. The average Bonchev–Trinajstić information content (AvgIpc) is 2.99. The fourth-order valence-corrected chi connectivity index (χ4v) is 4.37. The van der Waals surface area contributed by atoms with E-state index in [4.69, 9.17) is 4.74 Å². The number of hydrogen-bond donors (Lipinski definition) is 1. The molecule has 1 unspecified atom stereocenters. The Morgan fingerprint density at radius 3 is 2.30 bits per heavy atom. The maximum absolute atomic E-state index is 10.3. The minimum absolute atomic E-state index is 0.356. The Bertz CT molecular complexity index is 697. The van der Waals surface area contributed by atoms with Gasteiger partial charge in [0.1, 0.15) is 13.0 Å². The highest BCUT2D eigenvalue weighted by Crippen LogP contribution is 2.26. The Morgan fingerprint density at radius 2 is 1.63 bits per heavy atom. The van der Waals surface area contributed by atoms with Crippen LogP contribution in [0.2, 0.25) is 25.7 Å². The summed E-state index contributed by atoms with van der Waals surface area (Å²) < 4.78 is 5.91. The number of rotatable bonds is 8. The van der Waals surface area contributed by atoms with Gasteiger partial charge in [-0.05, 0) is 42.0 Å². The monoisotopic (exact) mass is 383 g/mol. The molecule has 0 amide bonds. The minimum atomic E-state index is -1.07. The third-order valence-corrected chi connectivity index (χ3v) is 7.08. The molecule has 0 aromatic heterocycles. The number of likely N-dealkylation sites (tertiary alicyclic amines) is 1. The first-order valence-electron chi connectivity index (χ1n) is 10.1. The van der Waals surface area contributed by atoms with Crippen LogP contribution in [0.3, 0.4) is 0 Å². The van der Waals surface area contributed by atoms with Crippen molar-refractivity contribution in [3.05, 3.63) is 60.2 Å². The quantitative estimate of drug-likeness (QED) is 0.515. The highest BCUT2D eigenvalue weighted by Gasteiger charge is 2.32. The van der Waals surface area contributed by atoms with Gasteiger partial charge in [0.15, 0.2) is 0 Å². The summed E-state index contributed by atoms with van der Waals surface area (Å²) in [5, 5.41) is 10.3. The molecule has 0 spiro atoms. The van der Waals surface area contributed by atoms with Crippen LogP contribution in [0, 0.1) is 0 Å². The molecule has 0 aliphatic carbocycles. The number of nitrogens with zero attached hydrogens (tertiary/aromatic N) is 1. The maximum atomic E-state index is 10.3. The SMILES string of the molecule is C[Si](C)(C)CCOCN1C(O)CC[C@H]1Cc1ccc(-c2ccccc2)cc1. The average molecular weight is 384 g/mol. The van der Waals surface area contributed by atoms with E-state index in [0.29, 0.717) is 12.8 Å². The molecule has 0 bridgehead atoms. The van der Waals surface area contributed by atoms with Crippen LogP contribution in [0.25, 0.3) is 11.1 Å². The van der Waals surface area contributed by atoms with Gasteiger partial charge >= 0.3 is 0 Å². The second kappa shape index (κ2) is 9.15. The molecule has 3 rings (SSSR count). The second-order valence-electron chi connectivity index (χ2n) is 8.84. The third kappa shape index (κ3) is 6.01. The number of hydrogen-bond acceptors (Lipinski definition) is 3. The molecule has 1 saturated heterocycles. The molecular weight excluding hydrogens is 350 g/mol. The third-order valence-electron chi connectivity index (χ3n) is 5.38. The molecule has 1 aliphatic rings. The van der Waals surface area contributed by atoms with Gasteiger partial charge in [-0.3, -0.25) is 4.90 Å². The molecule has 0 saturated carbocycles. The van der Waals surface area contributed by atoms with Crippen LogP contribution in [0.1, 0.15) is 18.4 Å². The summed E-state index contributed by atoms with van der Waals surface area (Å²) in [7, 11) is -1.07. The molecule has 146 valence electrons. The minimum Gasteiger partial charge on any atom is -0.378 e. The van der Waals surface area contributed by atoms with Crippen LogP contribution in [-0.2, 0) is 11.2 Å². The van der Waals surface area contributed by atoms with Gasteiger partial charge in [-0.15, -0.1) is 0 Å². The Labute approximate surface area is 165 Å². The van der Waals surface area contributed by atoms with E-state index in [0.717, 1.165) is 25.9 Å². The van der Waals surface area contributed by atoms with Crippen molar-refractivity contribution in [1.82, 2.24) is 4.90 Å². The largest absolute Gasteiger partial charge is 0.378 e. The van der Waals surface area contributed by atoms with Gasteiger partial charge in [-0.25, -0.2) is 0 Å². The Hall–Kier alpha value is -1.46. The van der Waals surface area contributed by atoms with Gasteiger partial charge in [0.05, 0.1) is 0 Å². The van der Waals surface area contributed by atoms with Gasteiger partial charge in [0.25, 0.3) is 0 Å². The number of ether oxygens (including phenoxy) is 1. The summed E-state index contributed by atoms with van der Waals surface area (Å²) in [5.74, 6) is 0. The standard InChI is InChI=1S/C23H33NO2Si/c1-27(2,3)16-15-26-18-24-22(13-14-23(24)25)17-19-9-11-21(12-10-19)20-7-5-4-6-8-20/h4-12,22-23,25H,13-18H2,1-3H3/t22-,23?/m0/s1. The van der Waals surface area contributed by atoms with Crippen LogP contribution in [-0.4, -0.2) is 43.7 Å². The van der Waals surface area contributed by atoms with Gasteiger partial charge in [0, 0.05) is 20.7 Å². The van der Waals surface area contributed by atoms with Gasteiger partial charge < -0.3 is 9.84 Å². The van der Waals surface area contributed by atoms with Crippen molar-refractivity contribution in [2.45, 2.75) is 57.2 Å². The topological polar surface area (TPSA) is 32.7 Å². The molecule has 2 aromatic carbocycles. The number of aliphatic hydroxyl groups is 1. The van der Waals surface area contributed by atoms with Crippen LogP contribution < -0.4 is 0 Å². The van der Waals surface area contributed by atoms with E-state index < -0.39 is 8.07 Å². The van der Waals surface area contributed by atoms with Crippen molar-refractivity contribution in [3.8, 4) is 11.1 Å². The first-order valence-corrected chi connectivity index (χ1v) is 13.8. The lowest BCUT2D eigenvalue weighted by Gasteiger charge is -2.27. The van der Waals surface area contributed by atoms with Crippen LogP contribution in [0.5, 0.6) is 0 Å². The summed E-state index contributed by atoms with van der Waals surface area (Å²) >= 11 is 0. The fraction of sp³-hybridized carbons (Fsp3) is 0.478. The number of benzene rings is 2. The zero-order valence-corrected chi connectivity index (χ0v) is 17.9. The Morgan fingerprint density at radius 1 is 0.963 bits per heavy atom. The van der Waals surface area contributed by atoms with Gasteiger partial charge in [-0.1, -0.05) is 74.2 Å². The van der Waals surface area contributed by atoms with E-state index in [1.807, 2.05) is 6.07 Å². The molecule has 2 atom stereocenters. The fourth-order valence-electron chi connectivity index (χ4n) is 3.61. The first kappa shape index (κ1) is 20.3. The van der Waals surface area contributed by atoms with E-state index in [-0.39, 0.29) is 6.23 Å². The van der Waals surface area contributed by atoms with Crippen molar-refractivity contribution >= 4 is 8.07 Å². The van der Waals surface area contributed by atoms with Crippen molar-refractivity contribution in [2.24, 2.45) is 0 Å². The summed E-state index contributed by atoms with van der Waals surface area (Å²) in [6, 6.07) is 20.8. The molecule has 3 nitrogen and oxygen atoms in total. The smallest absolute Gasteiger partial charge is 0.109 e. The summed E-state index contributed by atoms with van der Waals surface area (Å²) in [6.07, 6.45) is 2.46. The molecule has 1 heterocycles. The van der Waals surface area contributed by atoms with E-state index >= 15 is 0 Å². The van der Waals surface area contributed by atoms with E-state index in [1.165, 1.54) is 22.7 Å². The molecule has 1 aliphatic heterocycles. The van der Waals surface area contributed by atoms with Crippen molar-refractivity contribution in [1.29, 1.82) is 0 Å². The number of aliphatic hydroxyl groups excluding tert-OH is 1. The van der Waals surface area contributed by atoms with Crippen LogP contribution >= 0.6 is 0 Å². The van der Waals surface area contributed by atoms with Gasteiger partial charge in [-0.2, -0.15) is 0 Å². The summed E-state index contributed by atoms with van der Waals surface area (Å²) in [6.45, 7) is 8.44. The predicted molar refractivity (Wildman–Crippen MR) is 115 cm³/mol. The van der Waals surface area contributed by atoms with E-state index in [1.54, 1.807) is 0 Å². The molecule has 2 aromatic rings. The van der Waals surface area contributed by atoms with Crippen molar-refractivity contribution in [3.63, 3.8) is 0 Å². The molecule has 1 N–H and O–H groups in total. The van der Waals surface area contributed by atoms with Crippen molar-refractivity contribution < 1.29 is 9.84 Å². The van der Waals surface area contributed by atoms with Crippen LogP contribution in [0.4, 0.5) is 0 Å². The summed E-state index contributed by atoms with van der Waals surface area (Å²) in [5.41, 5.74) is 3.82. The lowest BCUT2D eigenvalue weighted by molar-refractivity contribution is -0.0626. The molecule has 4 heteroatoms. The normalized spacial score (nSPS) is 20.9. The second-order valence-corrected chi connectivity index (χ2v) is 14.5. The van der Waals surface area contributed by atoms with Gasteiger partial charge in [0.2, 0.25) is 0 Å². The Kier molecular flexibility index (Phi) is 6.87. The Balaban J connectivity index is 1.55. The van der Waals surface area contributed by atoms with E-state index in [9.17, 15) is 5.11 Å². The lowest BCUT2D eigenvalue weighted by Crippen LogP contribution is -2.39. The predicted octanol–water partition coefficient (Wildman–Crippen LogP) is 4.99. The lowest BCUT2D eigenvalue weighted by atomic mass is 10.00. The first-order chi connectivity index (χ1) is 12.9. The molecule has 27 heavy (non-hydrogen) atoms. The zero-order valence-electron chi connectivity index (χ0n) is 16.9. The highest BCUT2D eigenvalue weighted by atomic mass is 28.3. The molecular formula is C23H33NO2Si. The highest BCUT2D eigenvalue weighted by molar-refractivity contribution is 6.76. The zero-order chi connectivity index (χ0) is 19.3. The summed E-state index contributed by atoms with van der Waals surface area (Å²) in [4.78, 5) is 2.13. The van der Waals surface area contributed by atoms with Crippen LogP contribution in [0.15, 0.2) is 54.6 Å². The maximum Gasteiger partial charge on any atom is 0.109 e. The molecule has 0 radical (unpaired) electrons. The van der Waals surface area contributed by atoms with Crippen molar-refractivity contribution in [2.75, 3.05) is 13.3 Å².